The highest BCUT2D eigenvalue weighted by atomic mass is 19.4. The second kappa shape index (κ2) is 7.57. The molecule has 29 heavy (non-hydrogen) atoms. The van der Waals surface area contributed by atoms with Gasteiger partial charge in [-0.2, -0.15) is 18.3 Å². The predicted octanol–water partition coefficient (Wildman–Crippen LogP) is 3.73. The topological polar surface area (TPSA) is 69.5 Å². The number of piperidine rings is 1. The van der Waals surface area contributed by atoms with Gasteiger partial charge in [-0.15, -0.1) is 5.10 Å². The number of phenols is 1. The molecule has 1 aliphatic carbocycles. The van der Waals surface area contributed by atoms with Crippen molar-refractivity contribution in [1.82, 2.24) is 15.1 Å². The van der Waals surface area contributed by atoms with Gasteiger partial charge in [0.25, 0.3) is 0 Å². The van der Waals surface area contributed by atoms with Crippen molar-refractivity contribution in [3.8, 4) is 17.0 Å². The minimum atomic E-state index is -4.52. The minimum Gasteiger partial charge on any atom is -0.507 e. The Bertz CT molecular complexity index is 917. The highest BCUT2D eigenvalue weighted by molar-refractivity contribution is 5.71. The summed E-state index contributed by atoms with van der Waals surface area (Å²) in [6, 6.07) is 2.91. The Morgan fingerprint density at radius 2 is 1.90 bits per heavy atom. The molecule has 2 aromatic rings. The van der Waals surface area contributed by atoms with Crippen LogP contribution in [0.5, 0.6) is 5.75 Å². The van der Waals surface area contributed by atoms with Crippen LogP contribution in [0.1, 0.15) is 47.8 Å². The molecule has 2 heterocycles. The Kier molecular flexibility index (Phi) is 5.25. The molecule has 1 saturated heterocycles. The summed E-state index contributed by atoms with van der Waals surface area (Å²) in [5.41, 5.74) is 2.11. The van der Waals surface area contributed by atoms with Crippen LogP contribution in [0.2, 0.25) is 0 Å². The average molecular weight is 407 g/mol. The van der Waals surface area contributed by atoms with Crippen LogP contribution in [0.25, 0.3) is 11.3 Å². The maximum absolute atomic E-state index is 12.9. The summed E-state index contributed by atoms with van der Waals surface area (Å²) >= 11 is 0. The van der Waals surface area contributed by atoms with Crippen LogP contribution in [0.4, 0.5) is 13.2 Å². The Labute approximate surface area is 167 Å². The molecule has 1 aromatic carbocycles. The molecule has 8 heteroatoms. The first kappa shape index (κ1) is 20.1. The number of halogens is 3. The molecule has 0 saturated carbocycles. The molecule has 5 nitrogen and oxygen atoms in total. The summed E-state index contributed by atoms with van der Waals surface area (Å²) in [4.78, 5) is 2.19. The Hall–Kier alpha value is -2.19. The fourth-order valence-corrected chi connectivity index (χ4v) is 4.56. The molecule has 4 rings (SSSR count). The third-order valence-electron chi connectivity index (χ3n) is 6.04. The molecule has 0 bridgehead atoms. The third-order valence-corrected chi connectivity index (χ3v) is 6.04. The van der Waals surface area contributed by atoms with Crippen LogP contribution < -0.4 is 0 Å². The molecular formula is C21H24F3N3O2. The van der Waals surface area contributed by atoms with Crippen molar-refractivity contribution >= 4 is 0 Å². The molecule has 1 unspecified atom stereocenters. The van der Waals surface area contributed by atoms with Crippen molar-refractivity contribution in [2.45, 2.75) is 44.4 Å². The van der Waals surface area contributed by atoms with Gasteiger partial charge in [-0.05, 0) is 75.0 Å². The van der Waals surface area contributed by atoms with E-state index < -0.39 is 23.6 Å². The summed E-state index contributed by atoms with van der Waals surface area (Å²) in [5, 5.41) is 29.7. The molecule has 1 fully saturated rings. The lowest BCUT2D eigenvalue weighted by molar-refractivity contribution is -0.137. The van der Waals surface area contributed by atoms with E-state index in [0.717, 1.165) is 62.0 Å². The van der Waals surface area contributed by atoms with Crippen molar-refractivity contribution in [3.05, 3.63) is 40.6 Å². The van der Waals surface area contributed by atoms with Crippen LogP contribution in [0.3, 0.4) is 0 Å². The SMILES string of the molecule is CN1CCCC([C@H](O)c2nnc(-c3ccc(C(F)(F)F)cc3O)c3c2CCC3)C1. The molecule has 2 aliphatic rings. The first-order chi connectivity index (χ1) is 13.8. The molecule has 0 radical (unpaired) electrons. The van der Waals surface area contributed by atoms with Gasteiger partial charge in [-0.3, -0.25) is 0 Å². The van der Waals surface area contributed by atoms with E-state index in [4.69, 9.17) is 0 Å². The van der Waals surface area contributed by atoms with E-state index in [9.17, 15) is 23.4 Å². The van der Waals surface area contributed by atoms with Crippen LogP contribution in [-0.4, -0.2) is 45.4 Å². The zero-order valence-corrected chi connectivity index (χ0v) is 16.2. The monoisotopic (exact) mass is 407 g/mol. The van der Waals surface area contributed by atoms with E-state index in [1.807, 2.05) is 7.05 Å². The average Bonchev–Trinajstić information content (AvgIpc) is 3.16. The van der Waals surface area contributed by atoms with Crippen molar-refractivity contribution in [1.29, 1.82) is 0 Å². The predicted molar refractivity (Wildman–Crippen MR) is 101 cm³/mol. The number of rotatable bonds is 3. The van der Waals surface area contributed by atoms with Gasteiger partial charge in [0.05, 0.1) is 11.3 Å². The number of hydrogen-bond donors (Lipinski definition) is 2. The summed E-state index contributed by atoms with van der Waals surface area (Å²) < 4.78 is 38.7. The van der Waals surface area contributed by atoms with Crippen LogP contribution in [0, 0.1) is 5.92 Å². The quantitative estimate of drug-likeness (QED) is 0.812. The lowest BCUT2D eigenvalue weighted by Gasteiger charge is -2.33. The Morgan fingerprint density at radius 1 is 1.14 bits per heavy atom. The number of aromatic nitrogens is 2. The fourth-order valence-electron chi connectivity index (χ4n) is 4.56. The summed E-state index contributed by atoms with van der Waals surface area (Å²) in [6.07, 6.45) is -0.993. The number of phenolic OH excluding ortho intramolecular Hbond substituents is 1. The van der Waals surface area contributed by atoms with E-state index >= 15 is 0 Å². The van der Waals surface area contributed by atoms with E-state index in [2.05, 4.69) is 15.1 Å². The largest absolute Gasteiger partial charge is 0.507 e. The van der Waals surface area contributed by atoms with Crippen molar-refractivity contribution in [2.24, 2.45) is 5.92 Å². The Morgan fingerprint density at radius 3 is 2.59 bits per heavy atom. The highest BCUT2D eigenvalue weighted by Gasteiger charge is 2.34. The number of hydrogen-bond acceptors (Lipinski definition) is 5. The first-order valence-electron chi connectivity index (χ1n) is 9.91. The third kappa shape index (κ3) is 3.83. The zero-order valence-electron chi connectivity index (χ0n) is 16.2. The van der Waals surface area contributed by atoms with Crippen LogP contribution in [0.15, 0.2) is 18.2 Å². The second-order valence-corrected chi connectivity index (χ2v) is 8.08. The van der Waals surface area contributed by atoms with Gasteiger partial charge in [-0.25, -0.2) is 0 Å². The number of alkyl halides is 3. The lowest BCUT2D eigenvalue weighted by atomic mass is 9.88. The number of fused-ring (bicyclic) bond motifs is 1. The van der Waals surface area contributed by atoms with Gasteiger partial charge in [0, 0.05) is 18.0 Å². The van der Waals surface area contributed by atoms with Gasteiger partial charge >= 0.3 is 6.18 Å². The number of benzene rings is 1. The second-order valence-electron chi connectivity index (χ2n) is 8.08. The number of aliphatic hydroxyl groups is 1. The molecule has 2 N–H and O–H groups in total. The van der Waals surface area contributed by atoms with Gasteiger partial charge in [0.15, 0.2) is 0 Å². The van der Waals surface area contributed by atoms with Crippen LogP contribution >= 0.6 is 0 Å². The van der Waals surface area contributed by atoms with E-state index in [-0.39, 0.29) is 11.5 Å². The zero-order chi connectivity index (χ0) is 20.8. The minimum absolute atomic E-state index is 0.0815. The maximum atomic E-state index is 12.9. The Balaban J connectivity index is 1.70. The highest BCUT2D eigenvalue weighted by Crippen LogP contribution is 2.41. The van der Waals surface area contributed by atoms with Gasteiger partial charge in [0.2, 0.25) is 0 Å². The summed E-state index contributed by atoms with van der Waals surface area (Å²) in [7, 11) is 2.03. The molecule has 1 aromatic heterocycles. The molecule has 0 spiro atoms. The van der Waals surface area contributed by atoms with Gasteiger partial charge < -0.3 is 15.1 Å². The van der Waals surface area contributed by atoms with E-state index in [1.54, 1.807) is 0 Å². The standard InChI is InChI=1S/C21H24F3N3O2/c1-27-9-3-4-12(11-27)20(29)19-15-6-2-5-14(15)18(25-26-19)16-8-7-13(10-17(16)28)21(22,23)24/h7-8,10,12,20,28-29H,2-6,9,11H2,1H3/t12?,20-/m0/s1. The van der Waals surface area contributed by atoms with Crippen molar-refractivity contribution < 1.29 is 23.4 Å². The van der Waals surface area contributed by atoms with Crippen LogP contribution in [-0.2, 0) is 19.0 Å². The van der Waals surface area contributed by atoms with Crippen molar-refractivity contribution in [3.63, 3.8) is 0 Å². The number of nitrogens with zero attached hydrogens (tertiary/aromatic N) is 3. The molecule has 0 amide bonds. The number of aromatic hydroxyl groups is 1. The smallest absolute Gasteiger partial charge is 0.416 e. The van der Waals surface area contributed by atoms with Gasteiger partial charge in [-0.1, -0.05) is 0 Å². The van der Waals surface area contributed by atoms with Gasteiger partial charge in [0.1, 0.15) is 17.5 Å². The normalized spacial score (nSPS) is 21.2. The lowest BCUT2D eigenvalue weighted by Crippen LogP contribution is -2.35. The summed E-state index contributed by atoms with van der Waals surface area (Å²) in [5.74, 6) is -0.386. The first-order valence-corrected chi connectivity index (χ1v) is 9.91. The number of likely N-dealkylation sites (tertiary alicyclic amines) is 1. The van der Waals surface area contributed by atoms with E-state index in [1.165, 1.54) is 6.07 Å². The maximum Gasteiger partial charge on any atom is 0.416 e. The fraction of sp³-hybridized carbons (Fsp3) is 0.524. The summed E-state index contributed by atoms with van der Waals surface area (Å²) in [6.45, 7) is 1.80. The molecular weight excluding hydrogens is 383 g/mol. The molecule has 156 valence electrons. The molecule has 1 aliphatic heterocycles. The van der Waals surface area contributed by atoms with Crippen molar-refractivity contribution in [2.75, 3.05) is 20.1 Å². The van der Waals surface area contributed by atoms with E-state index in [0.29, 0.717) is 17.8 Å². The number of aliphatic hydroxyl groups excluding tert-OH is 1. The molecule has 2 atom stereocenters.